The molecule has 0 saturated heterocycles. The Labute approximate surface area is 163 Å². The Morgan fingerprint density at radius 1 is 1.12 bits per heavy atom. The topological polar surface area (TPSA) is 12.4 Å². The van der Waals surface area contributed by atoms with E-state index in [-0.39, 0.29) is 0 Å². The molecule has 1 aliphatic heterocycles. The Morgan fingerprint density at radius 3 is 2.69 bits per heavy atom. The molecule has 2 aliphatic rings. The van der Waals surface area contributed by atoms with Gasteiger partial charge in [-0.15, -0.1) is 0 Å². The zero-order chi connectivity index (χ0) is 18.8. The highest BCUT2D eigenvalue weighted by Gasteiger charge is 2.25. The van der Waals surface area contributed by atoms with Crippen molar-refractivity contribution in [3.05, 3.63) is 24.3 Å². The molecule has 5 atom stereocenters. The average molecular weight is 358 g/mol. The molecule has 0 fully saturated rings. The summed E-state index contributed by atoms with van der Waals surface area (Å²) in [6.07, 6.45) is 22.7. The summed E-state index contributed by atoms with van der Waals surface area (Å²) < 4.78 is 0. The van der Waals surface area contributed by atoms with E-state index >= 15 is 0 Å². The van der Waals surface area contributed by atoms with Gasteiger partial charge in [-0.2, -0.15) is 0 Å². The van der Waals surface area contributed by atoms with Crippen molar-refractivity contribution in [2.75, 3.05) is 0 Å². The van der Waals surface area contributed by atoms with Gasteiger partial charge in [0.1, 0.15) is 0 Å². The maximum absolute atomic E-state index is 4.72. The summed E-state index contributed by atoms with van der Waals surface area (Å²) in [5, 5.41) is 0. The van der Waals surface area contributed by atoms with E-state index < -0.39 is 0 Å². The third kappa shape index (κ3) is 7.05. The molecule has 0 N–H and O–H groups in total. The van der Waals surface area contributed by atoms with Gasteiger partial charge in [0, 0.05) is 0 Å². The van der Waals surface area contributed by atoms with Crippen LogP contribution in [0.1, 0.15) is 97.8 Å². The zero-order valence-electron chi connectivity index (χ0n) is 17.8. The second kappa shape index (κ2) is 11.8. The molecule has 0 saturated carbocycles. The molecule has 0 aromatic rings. The van der Waals surface area contributed by atoms with Crippen LogP contribution in [0.15, 0.2) is 29.3 Å². The molecule has 1 aliphatic carbocycles. The maximum atomic E-state index is 4.72. The second-order valence-electron chi connectivity index (χ2n) is 9.12. The van der Waals surface area contributed by atoms with Crippen LogP contribution in [0.5, 0.6) is 0 Å². The molecule has 0 aromatic carbocycles. The largest absolute Gasteiger partial charge is 0.290 e. The Morgan fingerprint density at radius 2 is 1.96 bits per heavy atom. The van der Waals surface area contributed by atoms with E-state index in [1.165, 1.54) is 76.2 Å². The summed E-state index contributed by atoms with van der Waals surface area (Å²) in [5.74, 6) is 3.31. The molecule has 2 rings (SSSR count). The van der Waals surface area contributed by atoms with Gasteiger partial charge in [-0.3, -0.25) is 4.99 Å². The Kier molecular flexibility index (Phi) is 9.72. The number of allylic oxidation sites excluding steroid dienone is 2. The number of hydrogen-bond acceptors (Lipinski definition) is 1. The van der Waals surface area contributed by atoms with Crippen LogP contribution in [0.3, 0.4) is 0 Å². The van der Waals surface area contributed by atoms with E-state index in [1.807, 2.05) is 0 Å². The van der Waals surface area contributed by atoms with Crippen molar-refractivity contribution in [1.29, 1.82) is 0 Å². The standard InChI is InChI=1S/C25H43N/c1-5-11-20(2)12-9-15-24(22(4)25-16-10-19-26-25)18-17-23-14-8-6-7-13-21(23)3/h6-7,19-21,23-25H,4-5,8-18H2,1-3H3. The molecule has 1 heterocycles. The Balaban J connectivity index is 1.87. The molecule has 5 unspecified atom stereocenters. The van der Waals surface area contributed by atoms with E-state index in [9.17, 15) is 0 Å². The molecule has 26 heavy (non-hydrogen) atoms. The first kappa shape index (κ1) is 21.5. The van der Waals surface area contributed by atoms with Gasteiger partial charge in [0.25, 0.3) is 0 Å². The van der Waals surface area contributed by atoms with E-state index in [2.05, 4.69) is 45.7 Å². The summed E-state index contributed by atoms with van der Waals surface area (Å²) in [7, 11) is 0. The van der Waals surface area contributed by atoms with E-state index in [4.69, 9.17) is 4.99 Å². The molecule has 0 amide bonds. The third-order valence-corrected chi connectivity index (χ3v) is 6.91. The van der Waals surface area contributed by atoms with Gasteiger partial charge in [-0.25, -0.2) is 0 Å². The molecule has 0 bridgehead atoms. The summed E-state index contributed by atoms with van der Waals surface area (Å²) in [4.78, 5) is 4.72. The number of aliphatic imine (C=N–C) groups is 1. The van der Waals surface area contributed by atoms with Crippen molar-refractivity contribution in [2.24, 2.45) is 28.7 Å². The zero-order valence-corrected chi connectivity index (χ0v) is 17.8. The van der Waals surface area contributed by atoms with Crippen LogP contribution in [0.25, 0.3) is 0 Å². The second-order valence-corrected chi connectivity index (χ2v) is 9.12. The maximum Gasteiger partial charge on any atom is 0.0708 e. The van der Waals surface area contributed by atoms with Gasteiger partial charge < -0.3 is 0 Å². The number of nitrogens with zero attached hydrogens (tertiary/aromatic N) is 1. The van der Waals surface area contributed by atoms with Crippen molar-refractivity contribution in [1.82, 2.24) is 0 Å². The minimum atomic E-state index is 0.418. The molecule has 148 valence electrons. The van der Waals surface area contributed by atoms with Crippen LogP contribution in [0, 0.1) is 23.7 Å². The first-order valence-electron chi connectivity index (χ1n) is 11.5. The lowest BCUT2D eigenvalue weighted by Gasteiger charge is -2.27. The van der Waals surface area contributed by atoms with Crippen LogP contribution < -0.4 is 0 Å². The fourth-order valence-electron chi connectivity index (χ4n) is 4.99. The van der Waals surface area contributed by atoms with Gasteiger partial charge >= 0.3 is 0 Å². The molecule has 0 radical (unpaired) electrons. The fraction of sp³-hybridized carbons (Fsp3) is 0.800. The van der Waals surface area contributed by atoms with Crippen LogP contribution in [0.2, 0.25) is 0 Å². The van der Waals surface area contributed by atoms with Crippen LogP contribution in [-0.2, 0) is 0 Å². The van der Waals surface area contributed by atoms with Gasteiger partial charge in [0.2, 0.25) is 0 Å². The molecule has 1 heteroatoms. The highest BCUT2D eigenvalue weighted by molar-refractivity contribution is 5.60. The first-order valence-corrected chi connectivity index (χ1v) is 11.5. The highest BCUT2D eigenvalue weighted by atomic mass is 14.8. The van der Waals surface area contributed by atoms with E-state index in [0.717, 1.165) is 24.2 Å². The predicted molar refractivity (Wildman–Crippen MR) is 117 cm³/mol. The Bertz CT molecular complexity index is 461. The number of rotatable bonds is 11. The minimum Gasteiger partial charge on any atom is -0.290 e. The summed E-state index contributed by atoms with van der Waals surface area (Å²) in [6.45, 7) is 11.7. The average Bonchev–Trinajstić information content (AvgIpc) is 3.08. The van der Waals surface area contributed by atoms with Crippen molar-refractivity contribution >= 4 is 6.21 Å². The monoisotopic (exact) mass is 357 g/mol. The van der Waals surface area contributed by atoms with Crippen LogP contribution in [0.4, 0.5) is 0 Å². The molecule has 0 aromatic heterocycles. The summed E-state index contributed by atoms with van der Waals surface area (Å²) in [6, 6.07) is 0.418. The van der Waals surface area contributed by atoms with Crippen molar-refractivity contribution in [3.63, 3.8) is 0 Å². The van der Waals surface area contributed by atoms with Gasteiger partial charge in [-0.05, 0) is 86.8 Å². The summed E-state index contributed by atoms with van der Waals surface area (Å²) in [5.41, 5.74) is 1.45. The lowest BCUT2D eigenvalue weighted by atomic mass is 9.79. The first-order chi connectivity index (χ1) is 12.6. The van der Waals surface area contributed by atoms with Gasteiger partial charge in [-0.1, -0.05) is 65.2 Å². The minimum absolute atomic E-state index is 0.418. The van der Waals surface area contributed by atoms with Crippen molar-refractivity contribution in [2.45, 2.75) is 104 Å². The lowest BCUT2D eigenvalue weighted by Crippen LogP contribution is -2.18. The normalized spacial score (nSPS) is 28.0. The summed E-state index contributed by atoms with van der Waals surface area (Å²) >= 11 is 0. The SMILES string of the molecule is C=C(C(CCCC(C)CCC)CCC1CCC=CCC1C)C1CCC=N1. The molecule has 0 spiro atoms. The van der Waals surface area contributed by atoms with Crippen molar-refractivity contribution in [3.8, 4) is 0 Å². The van der Waals surface area contributed by atoms with E-state index in [0.29, 0.717) is 12.0 Å². The molecule has 1 nitrogen and oxygen atoms in total. The smallest absolute Gasteiger partial charge is 0.0708 e. The fourth-order valence-corrected chi connectivity index (χ4v) is 4.99. The van der Waals surface area contributed by atoms with E-state index in [1.54, 1.807) is 0 Å². The van der Waals surface area contributed by atoms with Gasteiger partial charge in [0.05, 0.1) is 6.04 Å². The van der Waals surface area contributed by atoms with Gasteiger partial charge in [0.15, 0.2) is 0 Å². The van der Waals surface area contributed by atoms with Crippen LogP contribution >= 0.6 is 0 Å². The lowest BCUT2D eigenvalue weighted by molar-refractivity contribution is 0.293. The quantitative estimate of drug-likeness (QED) is 0.335. The number of hydrogen-bond donors (Lipinski definition) is 0. The predicted octanol–water partition coefficient (Wildman–Crippen LogP) is 7.77. The molecular formula is C25H43N. The highest BCUT2D eigenvalue weighted by Crippen LogP contribution is 2.35. The van der Waals surface area contributed by atoms with Crippen LogP contribution in [-0.4, -0.2) is 12.3 Å². The van der Waals surface area contributed by atoms with Crippen molar-refractivity contribution < 1.29 is 0 Å². The third-order valence-electron chi connectivity index (χ3n) is 6.91. The Hall–Kier alpha value is -0.850. The molecular weight excluding hydrogens is 314 g/mol.